The summed E-state index contributed by atoms with van der Waals surface area (Å²) in [4.78, 5) is 25.4. The second kappa shape index (κ2) is 11.4. The van der Waals surface area contributed by atoms with Gasteiger partial charge in [-0.25, -0.2) is 13.8 Å². The van der Waals surface area contributed by atoms with Gasteiger partial charge in [0.05, 0.1) is 11.4 Å². The number of ketones is 1. The molecule has 0 saturated heterocycles. The van der Waals surface area contributed by atoms with Crippen LogP contribution in [0.3, 0.4) is 0 Å². The third-order valence-corrected chi connectivity index (χ3v) is 8.29. The van der Waals surface area contributed by atoms with Crippen LogP contribution in [0.2, 0.25) is 0 Å². The fourth-order valence-corrected chi connectivity index (χ4v) is 6.15. The van der Waals surface area contributed by atoms with Gasteiger partial charge in [-0.3, -0.25) is 14.7 Å². The molecule has 2 aliphatic rings. The van der Waals surface area contributed by atoms with Gasteiger partial charge in [-0.05, 0) is 62.1 Å². The molecule has 4 rings (SSSR count). The van der Waals surface area contributed by atoms with Crippen LogP contribution in [-0.2, 0) is 13.0 Å². The van der Waals surface area contributed by atoms with E-state index in [9.17, 15) is 13.6 Å². The maximum atomic E-state index is 13.1. The van der Waals surface area contributed by atoms with E-state index in [2.05, 4.69) is 28.7 Å². The maximum Gasteiger partial charge on any atom is 0.278 e. The standard InChI is InChI=1S/C27H37F2N3O2S/c1-18(2)25-21(5-4-12-30-25)23(33)15-20-8-6-19(7-9-20)10-13-32-14-11-24-22(16-32)31-26(35-24)34-17-27(3,28)29/h4-5,12,18-20H,6-11,13-17H2,1-3H3. The minimum atomic E-state index is -2.85. The molecular weight excluding hydrogens is 468 g/mol. The lowest BCUT2D eigenvalue weighted by atomic mass is 9.78. The SMILES string of the molecule is CC(C)c1ncccc1C(=O)CC1CCC(CCN2CCc3sc(OCC(C)(F)F)nc3C2)CC1. The molecule has 0 spiro atoms. The van der Waals surface area contributed by atoms with Crippen molar-refractivity contribution in [1.29, 1.82) is 0 Å². The number of fused-ring (bicyclic) bond motifs is 1. The van der Waals surface area contributed by atoms with Crippen LogP contribution in [0.15, 0.2) is 18.3 Å². The van der Waals surface area contributed by atoms with Crippen LogP contribution in [0, 0.1) is 11.8 Å². The van der Waals surface area contributed by atoms with Crippen molar-refractivity contribution >= 4 is 17.1 Å². The van der Waals surface area contributed by atoms with Gasteiger partial charge in [-0.2, -0.15) is 0 Å². The fourth-order valence-electron chi connectivity index (χ4n) is 5.25. The van der Waals surface area contributed by atoms with Gasteiger partial charge in [0.2, 0.25) is 0 Å². The monoisotopic (exact) mass is 505 g/mol. The quantitative estimate of drug-likeness (QED) is 0.344. The second-order valence-electron chi connectivity index (χ2n) is 10.6. The van der Waals surface area contributed by atoms with Crippen LogP contribution in [0.4, 0.5) is 8.78 Å². The van der Waals surface area contributed by atoms with Crippen LogP contribution in [0.25, 0.3) is 0 Å². The average Bonchev–Trinajstić information content (AvgIpc) is 3.24. The minimum absolute atomic E-state index is 0.239. The third-order valence-electron chi connectivity index (χ3n) is 7.22. The molecule has 0 unspecified atom stereocenters. The molecule has 1 saturated carbocycles. The number of Topliss-reactive ketones (excluding diaryl/α,β-unsaturated/α-hetero) is 1. The van der Waals surface area contributed by atoms with Gasteiger partial charge < -0.3 is 4.74 Å². The van der Waals surface area contributed by atoms with Gasteiger partial charge in [-0.15, -0.1) is 0 Å². The number of halogens is 2. The van der Waals surface area contributed by atoms with Crippen molar-refractivity contribution in [2.45, 2.75) is 84.1 Å². The van der Waals surface area contributed by atoms with Gasteiger partial charge >= 0.3 is 0 Å². The number of alkyl halides is 2. The number of hydrogen-bond acceptors (Lipinski definition) is 6. The Morgan fingerprint density at radius 1 is 1.26 bits per heavy atom. The molecular formula is C27H37F2N3O2S. The summed E-state index contributed by atoms with van der Waals surface area (Å²) < 4.78 is 31.3. The fraction of sp³-hybridized carbons (Fsp3) is 0.667. The first-order valence-corrected chi connectivity index (χ1v) is 13.7. The van der Waals surface area contributed by atoms with E-state index < -0.39 is 12.5 Å². The molecule has 3 heterocycles. The molecule has 1 aliphatic heterocycles. The average molecular weight is 506 g/mol. The van der Waals surface area contributed by atoms with Crippen molar-refractivity contribution in [3.8, 4) is 5.19 Å². The Morgan fingerprint density at radius 2 is 2.00 bits per heavy atom. The highest BCUT2D eigenvalue weighted by Crippen LogP contribution is 2.35. The highest BCUT2D eigenvalue weighted by Gasteiger charge is 2.28. The summed E-state index contributed by atoms with van der Waals surface area (Å²) in [5, 5.41) is 0.359. The first kappa shape index (κ1) is 26.1. The highest BCUT2D eigenvalue weighted by molar-refractivity contribution is 7.13. The van der Waals surface area contributed by atoms with Crippen LogP contribution >= 0.6 is 11.3 Å². The summed E-state index contributed by atoms with van der Waals surface area (Å²) in [5.74, 6) is -1.18. The van der Waals surface area contributed by atoms with E-state index in [0.717, 1.165) is 74.1 Å². The number of nitrogens with zero attached hydrogens (tertiary/aromatic N) is 3. The lowest BCUT2D eigenvalue weighted by molar-refractivity contribution is -0.0230. The zero-order valence-electron chi connectivity index (χ0n) is 21.1. The van der Waals surface area contributed by atoms with Gasteiger partial charge in [-0.1, -0.05) is 38.0 Å². The lowest BCUT2D eigenvalue weighted by Crippen LogP contribution is -2.32. The number of ether oxygens (including phenoxy) is 1. The van der Waals surface area contributed by atoms with Crippen LogP contribution in [0.1, 0.15) is 91.8 Å². The summed E-state index contributed by atoms with van der Waals surface area (Å²) in [6, 6.07) is 3.79. The summed E-state index contributed by atoms with van der Waals surface area (Å²) in [6.45, 7) is 7.18. The normalized spacial score (nSPS) is 21.2. The third kappa shape index (κ3) is 7.29. The van der Waals surface area contributed by atoms with Crippen molar-refractivity contribution in [3.05, 3.63) is 40.2 Å². The molecule has 192 valence electrons. The summed E-state index contributed by atoms with van der Waals surface area (Å²) in [5.41, 5.74) is 2.69. The Labute approximate surface area is 211 Å². The van der Waals surface area contributed by atoms with Crippen molar-refractivity contribution in [2.24, 2.45) is 11.8 Å². The molecule has 5 nitrogen and oxygen atoms in total. The molecule has 8 heteroatoms. The predicted molar refractivity (Wildman–Crippen MR) is 135 cm³/mol. The Hall–Kier alpha value is -1.93. The molecule has 1 fully saturated rings. The van der Waals surface area contributed by atoms with Gasteiger partial charge in [0.1, 0.15) is 0 Å². The van der Waals surface area contributed by atoms with E-state index in [4.69, 9.17) is 4.74 Å². The van der Waals surface area contributed by atoms with E-state index in [1.807, 2.05) is 12.1 Å². The van der Waals surface area contributed by atoms with E-state index in [1.165, 1.54) is 24.2 Å². The topological polar surface area (TPSA) is 55.3 Å². The van der Waals surface area contributed by atoms with E-state index in [0.29, 0.717) is 23.5 Å². The number of rotatable bonds is 10. The molecule has 35 heavy (non-hydrogen) atoms. The Balaban J connectivity index is 1.19. The van der Waals surface area contributed by atoms with Crippen LogP contribution in [0.5, 0.6) is 5.19 Å². The Morgan fingerprint density at radius 3 is 2.71 bits per heavy atom. The van der Waals surface area contributed by atoms with Crippen molar-refractivity contribution in [3.63, 3.8) is 0 Å². The molecule has 0 aromatic carbocycles. The largest absolute Gasteiger partial charge is 0.464 e. The maximum absolute atomic E-state index is 13.1. The first-order valence-electron chi connectivity index (χ1n) is 12.9. The summed E-state index contributed by atoms with van der Waals surface area (Å²) in [6.07, 6.45) is 9.06. The van der Waals surface area contributed by atoms with Crippen molar-refractivity contribution < 1.29 is 18.3 Å². The van der Waals surface area contributed by atoms with E-state index >= 15 is 0 Å². The van der Waals surface area contributed by atoms with E-state index in [1.54, 1.807) is 6.20 Å². The molecule has 1 aliphatic carbocycles. The van der Waals surface area contributed by atoms with Gasteiger partial charge in [0, 0.05) is 43.1 Å². The van der Waals surface area contributed by atoms with Crippen LogP contribution in [-0.4, -0.2) is 46.3 Å². The molecule has 2 aromatic heterocycles. The summed E-state index contributed by atoms with van der Waals surface area (Å²) >= 11 is 1.41. The zero-order valence-corrected chi connectivity index (χ0v) is 21.9. The zero-order chi connectivity index (χ0) is 25.0. The molecule has 0 atom stereocenters. The predicted octanol–water partition coefficient (Wildman–Crippen LogP) is 6.52. The number of carbonyl (C=O) groups excluding carboxylic acids is 1. The number of thiazole rings is 1. The first-order chi connectivity index (χ1) is 16.7. The molecule has 2 aromatic rings. The number of carbonyl (C=O) groups is 1. The minimum Gasteiger partial charge on any atom is -0.464 e. The lowest BCUT2D eigenvalue weighted by Gasteiger charge is -2.31. The number of aromatic nitrogens is 2. The van der Waals surface area contributed by atoms with Crippen LogP contribution < -0.4 is 4.74 Å². The van der Waals surface area contributed by atoms with Crippen molar-refractivity contribution in [2.75, 3.05) is 19.7 Å². The number of hydrogen-bond donors (Lipinski definition) is 0. The second-order valence-corrected chi connectivity index (χ2v) is 11.7. The van der Waals surface area contributed by atoms with Gasteiger partial charge in [0.15, 0.2) is 12.4 Å². The van der Waals surface area contributed by atoms with Crippen molar-refractivity contribution in [1.82, 2.24) is 14.9 Å². The molecule has 0 bridgehead atoms. The Bertz CT molecular complexity index is 997. The van der Waals surface area contributed by atoms with Gasteiger partial charge in [0.25, 0.3) is 11.1 Å². The summed E-state index contributed by atoms with van der Waals surface area (Å²) in [7, 11) is 0. The molecule has 0 amide bonds. The Kier molecular flexibility index (Phi) is 8.53. The smallest absolute Gasteiger partial charge is 0.278 e. The highest BCUT2D eigenvalue weighted by atomic mass is 32.1. The number of pyridine rings is 1. The molecule has 0 radical (unpaired) electrons. The van der Waals surface area contributed by atoms with E-state index in [-0.39, 0.29) is 11.7 Å². The molecule has 0 N–H and O–H groups in total.